The van der Waals surface area contributed by atoms with E-state index in [2.05, 4.69) is 0 Å². The molecule has 0 aliphatic rings. The maximum atomic E-state index is 14.7. The highest BCUT2D eigenvalue weighted by molar-refractivity contribution is 7.99. The Morgan fingerprint density at radius 1 is 0.581 bits per heavy atom. The summed E-state index contributed by atoms with van der Waals surface area (Å²) in [6.45, 7) is 0.698. The third-order valence-corrected chi connectivity index (χ3v) is 7.90. The maximum Gasteiger partial charge on any atom is 0.354 e. The molecule has 43 heavy (non-hydrogen) atoms. The number of benzene rings is 5. The lowest BCUT2D eigenvalue weighted by atomic mass is 10.0. The molecule has 0 atom stereocenters. The maximum absolute atomic E-state index is 14.7. The van der Waals surface area contributed by atoms with Crippen molar-refractivity contribution in [3.05, 3.63) is 144 Å². The number of para-hydroxylation sites is 1. The monoisotopic (exact) mass is 615 g/mol. The van der Waals surface area contributed by atoms with Crippen molar-refractivity contribution in [1.29, 1.82) is 0 Å². The van der Waals surface area contributed by atoms with Crippen molar-refractivity contribution in [3.63, 3.8) is 0 Å². The van der Waals surface area contributed by atoms with E-state index in [4.69, 9.17) is 19.7 Å². The van der Waals surface area contributed by atoms with Gasteiger partial charge in [0.05, 0.1) is 24.3 Å². The minimum atomic E-state index is -0.373. The molecular weight excluding hydrogens is 584 g/mol. The fourth-order valence-corrected chi connectivity index (χ4v) is 5.42. The Balaban J connectivity index is 0.000000359. The van der Waals surface area contributed by atoms with Gasteiger partial charge in [-0.1, -0.05) is 59.9 Å². The van der Waals surface area contributed by atoms with E-state index in [1.54, 1.807) is 36.0 Å². The third-order valence-electron chi connectivity index (χ3n) is 5.83. The van der Waals surface area contributed by atoms with Crippen molar-refractivity contribution in [2.24, 2.45) is 0 Å². The van der Waals surface area contributed by atoms with E-state index in [1.165, 1.54) is 17.8 Å². The summed E-state index contributed by atoms with van der Waals surface area (Å²) in [5.74, 6) is 1.21. The van der Waals surface area contributed by atoms with Gasteiger partial charge in [-0.3, -0.25) is 4.79 Å². The smallest absolute Gasteiger partial charge is 0.354 e. The van der Waals surface area contributed by atoms with Gasteiger partial charge in [0.1, 0.15) is 30.5 Å². The van der Waals surface area contributed by atoms with Gasteiger partial charge in [0.25, 0.3) is 0 Å². The predicted molar refractivity (Wildman–Crippen MR) is 171 cm³/mol. The Kier molecular flexibility index (Phi) is 12.7. The molecule has 0 saturated heterocycles. The molecule has 8 heteroatoms. The third kappa shape index (κ3) is 10.3. The van der Waals surface area contributed by atoms with Crippen LogP contribution in [0.15, 0.2) is 147 Å². The van der Waals surface area contributed by atoms with Crippen LogP contribution in [0.3, 0.4) is 0 Å². The fraction of sp³-hybridized carbons (Fsp3) is 0.114. The first-order valence-corrected chi connectivity index (χ1v) is 15.2. The molecule has 3 N–H and O–H groups in total. The largest absolute Gasteiger partial charge is 0.491 e. The molecule has 5 rings (SSSR count). The first kappa shape index (κ1) is 31.8. The number of ketones is 1. The zero-order valence-corrected chi connectivity index (χ0v) is 24.9. The summed E-state index contributed by atoms with van der Waals surface area (Å²) in [5, 5.41) is 17.2. The zero-order valence-electron chi connectivity index (χ0n) is 23.3. The van der Waals surface area contributed by atoms with E-state index in [0.29, 0.717) is 22.6 Å². The SMILES string of the molecule is OCCOc1ccc(Sc2ccc(Sc3ccc(C(=[OH+])c4ccccc4)cc3F)cc2)cc1.OCCOc1ccccc1. The van der Waals surface area contributed by atoms with Crippen LogP contribution < -0.4 is 9.47 Å². The van der Waals surface area contributed by atoms with Crippen molar-refractivity contribution < 1.29 is 28.9 Å². The van der Waals surface area contributed by atoms with Crippen LogP contribution in [0, 0.1) is 5.82 Å². The molecule has 0 aromatic heterocycles. The zero-order chi connectivity index (χ0) is 30.3. The lowest BCUT2D eigenvalue weighted by Gasteiger charge is -2.07. The van der Waals surface area contributed by atoms with E-state index in [-0.39, 0.29) is 31.4 Å². The molecule has 0 amide bonds. The summed E-state index contributed by atoms with van der Waals surface area (Å²) in [4.78, 5) is 14.0. The van der Waals surface area contributed by atoms with Crippen molar-refractivity contribution >= 4 is 29.3 Å². The topological polar surface area (TPSA) is 80.3 Å². The number of carbonyl (C=O) groups excluding carboxylic acids is 1. The van der Waals surface area contributed by atoms with Crippen LogP contribution in [0.1, 0.15) is 11.1 Å². The number of hydrogen-bond donors (Lipinski definition) is 2. The van der Waals surface area contributed by atoms with E-state index >= 15 is 0 Å². The van der Waals surface area contributed by atoms with Crippen molar-refractivity contribution in [1.82, 2.24) is 0 Å². The van der Waals surface area contributed by atoms with Gasteiger partial charge in [-0.25, -0.2) is 4.39 Å². The normalized spacial score (nSPS) is 10.4. The van der Waals surface area contributed by atoms with Crippen LogP contribution in [-0.2, 0) is 0 Å². The summed E-state index contributed by atoms with van der Waals surface area (Å²) in [6.07, 6.45) is 0. The first-order chi connectivity index (χ1) is 21.1. The molecule has 0 aliphatic heterocycles. The van der Waals surface area contributed by atoms with E-state index in [1.807, 2.05) is 97.1 Å². The highest BCUT2D eigenvalue weighted by atomic mass is 32.2. The first-order valence-electron chi connectivity index (χ1n) is 13.5. The van der Waals surface area contributed by atoms with Gasteiger partial charge >= 0.3 is 5.78 Å². The minimum Gasteiger partial charge on any atom is -0.491 e. The molecule has 0 spiro atoms. The molecule has 0 unspecified atom stereocenters. The molecule has 0 aliphatic carbocycles. The van der Waals surface area contributed by atoms with Gasteiger partial charge in [0.15, 0.2) is 0 Å². The van der Waals surface area contributed by atoms with E-state index < -0.39 is 0 Å². The highest BCUT2D eigenvalue weighted by Gasteiger charge is 2.17. The molecular formula is C35H32FO5S2+. The van der Waals surface area contributed by atoms with Gasteiger partial charge in [0, 0.05) is 19.6 Å². The average molecular weight is 616 g/mol. The Labute approximate surface area is 259 Å². The Bertz CT molecular complexity index is 1550. The highest BCUT2D eigenvalue weighted by Crippen LogP contribution is 2.34. The number of rotatable bonds is 12. The Morgan fingerprint density at radius 3 is 1.60 bits per heavy atom. The van der Waals surface area contributed by atoms with Crippen LogP contribution in [0.2, 0.25) is 0 Å². The molecule has 0 bridgehead atoms. The number of hydrogen-bond acceptors (Lipinski definition) is 6. The van der Waals surface area contributed by atoms with Gasteiger partial charge in [-0.15, -0.1) is 0 Å². The van der Waals surface area contributed by atoms with Crippen molar-refractivity contribution in [3.8, 4) is 11.5 Å². The lowest BCUT2D eigenvalue weighted by molar-refractivity contribution is 0.201. The fourth-order valence-electron chi connectivity index (χ4n) is 3.78. The van der Waals surface area contributed by atoms with Gasteiger partial charge in [-0.05, 0) is 91.0 Å². The summed E-state index contributed by atoms with van der Waals surface area (Å²) >= 11 is 2.97. The molecule has 0 heterocycles. The van der Waals surface area contributed by atoms with Gasteiger partial charge in [0.2, 0.25) is 0 Å². The molecule has 0 radical (unpaired) electrons. The molecule has 0 saturated carbocycles. The second-order valence-corrected chi connectivity index (χ2v) is 11.2. The summed E-state index contributed by atoms with van der Waals surface area (Å²) in [5.41, 5.74) is 1.10. The van der Waals surface area contributed by atoms with Crippen LogP contribution in [0.25, 0.3) is 0 Å². The van der Waals surface area contributed by atoms with Crippen LogP contribution >= 0.6 is 23.5 Å². The minimum absolute atomic E-state index is 0.0104. The van der Waals surface area contributed by atoms with Crippen LogP contribution in [-0.4, -0.2) is 47.2 Å². The van der Waals surface area contributed by atoms with Crippen molar-refractivity contribution in [2.75, 3.05) is 26.4 Å². The summed E-state index contributed by atoms with van der Waals surface area (Å²) < 4.78 is 25.2. The predicted octanol–water partition coefficient (Wildman–Crippen LogP) is 7.50. The number of halogens is 1. The summed E-state index contributed by atoms with van der Waals surface area (Å²) in [6, 6.07) is 38.9. The van der Waals surface area contributed by atoms with Gasteiger partial charge in [-0.2, -0.15) is 0 Å². The second-order valence-electron chi connectivity index (χ2n) is 8.96. The van der Waals surface area contributed by atoms with Crippen LogP contribution in [0.4, 0.5) is 4.39 Å². The molecule has 5 aromatic rings. The lowest BCUT2D eigenvalue weighted by Crippen LogP contribution is -2.03. The standard InChI is InChI=1S/C27H21FO3S2.C8H10O2/c28-25-18-20(27(30)19-4-2-1-3-5-19)6-15-26(25)33-24-13-11-23(12-14-24)32-22-9-7-21(8-10-22)31-17-16-29;9-6-7-10-8-4-2-1-3-5-8/h1-15,18,29H,16-17H2;1-5,9H,6-7H2/p+1. The van der Waals surface area contributed by atoms with E-state index in [9.17, 15) is 9.18 Å². The number of ether oxygens (including phenoxy) is 2. The molecule has 5 nitrogen and oxygen atoms in total. The quantitative estimate of drug-likeness (QED) is 0.112. The van der Waals surface area contributed by atoms with Crippen LogP contribution in [0.5, 0.6) is 11.5 Å². The number of aliphatic hydroxyl groups excluding tert-OH is 2. The average Bonchev–Trinajstić information content (AvgIpc) is 3.06. The molecule has 220 valence electrons. The Morgan fingerprint density at radius 2 is 1.07 bits per heavy atom. The molecule has 0 fully saturated rings. The molecule has 5 aromatic carbocycles. The summed E-state index contributed by atoms with van der Waals surface area (Å²) in [7, 11) is 0. The van der Waals surface area contributed by atoms with E-state index in [0.717, 1.165) is 26.2 Å². The number of aliphatic hydroxyl groups is 2. The second kappa shape index (κ2) is 17.1. The Hall–Kier alpha value is -4.08. The van der Waals surface area contributed by atoms with Crippen molar-refractivity contribution in [2.45, 2.75) is 19.6 Å². The van der Waals surface area contributed by atoms with Gasteiger partial charge < -0.3 is 19.7 Å².